The largest absolute Gasteiger partial charge is 0.392 e. The molecule has 1 aliphatic rings. The number of hydrogen-bond donors (Lipinski definition) is 2. The van der Waals surface area contributed by atoms with Crippen LogP contribution < -0.4 is 5.32 Å². The summed E-state index contributed by atoms with van der Waals surface area (Å²) in [6, 6.07) is 8.46. The fourth-order valence-corrected chi connectivity index (χ4v) is 2.07. The molecular weight excluding hydrogens is 188 g/mol. The molecule has 1 aliphatic heterocycles. The smallest absolute Gasteiger partial charge is 0.0701 e. The summed E-state index contributed by atoms with van der Waals surface area (Å²) in [7, 11) is 2.14. The van der Waals surface area contributed by atoms with Crippen molar-refractivity contribution in [2.45, 2.75) is 19.1 Å². The number of likely N-dealkylation sites (tertiary alicyclic amines) is 1. The number of nitrogens with zero attached hydrogens (tertiary/aromatic N) is 1. The highest BCUT2D eigenvalue weighted by molar-refractivity contribution is 5.51. The Morgan fingerprint density at radius 1 is 1.47 bits per heavy atom. The van der Waals surface area contributed by atoms with Crippen molar-refractivity contribution >= 4 is 5.69 Å². The van der Waals surface area contributed by atoms with Crippen LogP contribution in [0.25, 0.3) is 0 Å². The highest BCUT2D eigenvalue weighted by atomic mass is 16.3. The Bertz CT molecular complexity index is 327. The van der Waals surface area contributed by atoms with E-state index in [0.29, 0.717) is 6.04 Å². The molecule has 1 fully saturated rings. The van der Waals surface area contributed by atoms with Crippen molar-refractivity contribution in [3.8, 4) is 0 Å². The monoisotopic (exact) mass is 206 g/mol. The van der Waals surface area contributed by atoms with Crippen LogP contribution in [0.1, 0.15) is 12.0 Å². The zero-order valence-electron chi connectivity index (χ0n) is 9.11. The zero-order chi connectivity index (χ0) is 10.7. The lowest BCUT2D eigenvalue weighted by Crippen LogP contribution is -2.24. The number of aliphatic hydroxyl groups is 1. The maximum Gasteiger partial charge on any atom is 0.0701 e. The Labute approximate surface area is 90.7 Å². The number of hydrogen-bond acceptors (Lipinski definition) is 3. The first-order valence-electron chi connectivity index (χ1n) is 5.43. The first kappa shape index (κ1) is 10.5. The number of nitrogens with one attached hydrogen (secondary N) is 1. The van der Waals surface area contributed by atoms with Gasteiger partial charge in [-0.15, -0.1) is 0 Å². The van der Waals surface area contributed by atoms with Gasteiger partial charge in [0.25, 0.3) is 0 Å². The van der Waals surface area contributed by atoms with Gasteiger partial charge in [-0.3, -0.25) is 0 Å². The van der Waals surface area contributed by atoms with E-state index in [0.717, 1.165) is 24.3 Å². The SMILES string of the molecule is CN1CCC(Nc2ccccc2CO)C1. The lowest BCUT2D eigenvalue weighted by Gasteiger charge is -2.16. The molecule has 1 saturated heterocycles. The highest BCUT2D eigenvalue weighted by Crippen LogP contribution is 2.19. The molecule has 82 valence electrons. The van der Waals surface area contributed by atoms with Crippen LogP contribution in [0.15, 0.2) is 24.3 Å². The predicted molar refractivity (Wildman–Crippen MR) is 61.9 cm³/mol. The molecule has 0 spiro atoms. The minimum absolute atomic E-state index is 0.103. The van der Waals surface area contributed by atoms with Gasteiger partial charge < -0.3 is 15.3 Å². The van der Waals surface area contributed by atoms with Gasteiger partial charge in [-0.05, 0) is 26.1 Å². The maximum absolute atomic E-state index is 9.19. The number of likely N-dealkylation sites (N-methyl/N-ethyl adjacent to an activating group) is 1. The average Bonchev–Trinajstić information content (AvgIpc) is 2.65. The van der Waals surface area contributed by atoms with Crippen LogP contribution in [-0.2, 0) is 6.61 Å². The van der Waals surface area contributed by atoms with E-state index in [1.165, 1.54) is 6.42 Å². The Balaban J connectivity index is 2.04. The van der Waals surface area contributed by atoms with Crippen LogP contribution >= 0.6 is 0 Å². The normalized spacial score (nSPS) is 21.9. The molecule has 0 amide bonds. The standard InChI is InChI=1S/C12H18N2O/c1-14-7-6-11(8-14)13-12-5-3-2-4-10(12)9-15/h2-5,11,13,15H,6-9H2,1H3. The third-order valence-electron chi connectivity index (χ3n) is 2.94. The van der Waals surface area contributed by atoms with Crippen molar-refractivity contribution in [3.63, 3.8) is 0 Å². The molecule has 0 saturated carbocycles. The lowest BCUT2D eigenvalue weighted by atomic mass is 10.1. The van der Waals surface area contributed by atoms with Gasteiger partial charge >= 0.3 is 0 Å². The van der Waals surface area contributed by atoms with Crippen molar-refractivity contribution in [2.24, 2.45) is 0 Å². The molecule has 0 aromatic heterocycles. The molecule has 1 aromatic rings. The minimum atomic E-state index is 0.103. The molecule has 2 rings (SSSR count). The van der Waals surface area contributed by atoms with Crippen LogP contribution in [0.2, 0.25) is 0 Å². The van der Waals surface area contributed by atoms with Gasteiger partial charge in [0.2, 0.25) is 0 Å². The van der Waals surface area contributed by atoms with Crippen molar-refractivity contribution in [3.05, 3.63) is 29.8 Å². The van der Waals surface area contributed by atoms with Gasteiger partial charge in [-0.25, -0.2) is 0 Å². The van der Waals surface area contributed by atoms with E-state index in [4.69, 9.17) is 0 Å². The summed E-state index contributed by atoms with van der Waals surface area (Å²) in [4.78, 5) is 2.32. The highest BCUT2D eigenvalue weighted by Gasteiger charge is 2.19. The molecule has 1 aromatic carbocycles. The molecule has 3 nitrogen and oxygen atoms in total. The van der Waals surface area contributed by atoms with E-state index in [2.05, 4.69) is 17.3 Å². The van der Waals surface area contributed by atoms with Gasteiger partial charge in [0, 0.05) is 23.8 Å². The number of aliphatic hydroxyl groups excluding tert-OH is 1. The summed E-state index contributed by atoms with van der Waals surface area (Å²) in [6.07, 6.45) is 1.18. The van der Waals surface area contributed by atoms with Crippen LogP contribution in [0.4, 0.5) is 5.69 Å². The second-order valence-corrected chi connectivity index (χ2v) is 4.21. The summed E-state index contributed by atoms with van der Waals surface area (Å²) in [5, 5.41) is 12.7. The maximum atomic E-state index is 9.19. The Morgan fingerprint density at radius 3 is 2.93 bits per heavy atom. The summed E-state index contributed by atoms with van der Waals surface area (Å²) in [6.45, 7) is 2.34. The van der Waals surface area contributed by atoms with Gasteiger partial charge in [-0.1, -0.05) is 18.2 Å². The van der Waals surface area contributed by atoms with E-state index < -0.39 is 0 Å². The molecule has 1 atom stereocenters. The molecule has 15 heavy (non-hydrogen) atoms. The Kier molecular flexibility index (Phi) is 3.23. The molecule has 0 radical (unpaired) electrons. The van der Waals surface area contributed by atoms with Crippen molar-refractivity contribution in [1.29, 1.82) is 0 Å². The summed E-state index contributed by atoms with van der Waals surface area (Å²) < 4.78 is 0. The number of benzene rings is 1. The van der Waals surface area contributed by atoms with E-state index >= 15 is 0 Å². The fourth-order valence-electron chi connectivity index (χ4n) is 2.07. The van der Waals surface area contributed by atoms with E-state index in [1.54, 1.807) is 0 Å². The summed E-state index contributed by atoms with van der Waals surface area (Å²) in [5.74, 6) is 0. The Hall–Kier alpha value is -1.06. The van der Waals surface area contributed by atoms with Crippen LogP contribution in [-0.4, -0.2) is 36.2 Å². The molecule has 0 bridgehead atoms. The van der Waals surface area contributed by atoms with Crippen molar-refractivity contribution < 1.29 is 5.11 Å². The third kappa shape index (κ3) is 2.49. The quantitative estimate of drug-likeness (QED) is 0.782. The van der Waals surface area contributed by atoms with Crippen LogP contribution in [0.3, 0.4) is 0 Å². The second kappa shape index (κ2) is 4.64. The topological polar surface area (TPSA) is 35.5 Å². The molecular formula is C12H18N2O. The predicted octanol–water partition coefficient (Wildman–Crippen LogP) is 1.29. The number of rotatable bonds is 3. The van der Waals surface area contributed by atoms with Crippen molar-refractivity contribution in [2.75, 3.05) is 25.5 Å². The molecule has 2 N–H and O–H groups in total. The number of para-hydroxylation sites is 1. The zero-order valence-corrected chi connectivity index (χ0v) is 9.11. The van der Waals surface area contributed by atoms with E-state index in [9.17, 15) is 5.11 Å². The minimum Gasteiger partial charge on any atom is -0.392 e. The average molecular weight is 206 g/mol. The first-order valence-corrected chi connectivity index (χ1v) is 5.43. The molecule has 0 aliphatic carbocycles. The van der Waals surface area contributed by atoms with Gasteiger partial charge in [-0.2, -0.15) is 0 Å². The molecule has 1 heterocycles. The Morgan fingerprint density at radius 2 is 2.27 bits per heavy atom. The third-order valence-corrected chi connectivity index (χ3v) is 2.94. The van der Waals surface area contributed by atoms with Gasteiger partial charge in [0.1, 0.15) is 0 Å². The second-order valence-electron chi connectivity index (χ2n) is 4.21. The fraction of sp³-hybridized carbons (Fsp3) is 0.500. The summed E-state index contributed by atoms with van der Waals surface area (Å²) >= 11 is 0. The lowest BCUT2D eigenvalue weighted by molar-refractivity contribution is 0.282. The van der Waals surface area contributed by atoms with Crippen LogP contribution in [0, 0.1) is 0 Å². The number of anilines is 1. The van der Waals surface area contributed by atoms with Crippen LogP contribution in [0.5, 0.6) is 0 Å². The molecule has 1 unspecified atom stereocenters. The van der Waals surface area contributed by atoms with Gasteiger partial charge in [0.15, 0.2) is 0 Å². The first-order chi connectivity index (χ1) is 7.29. The summed E-state index contributed by atoms with van der Waals surface area (Å²) in [5.41, 5.74) is 2.05. The van der Waals surface area contributed by atoms with Gasteiger partial charge in [0.05, 0.1) is 6.61 Å². The van der Waals surface area contributed by atoms with E-state index in [1.807, 2.05) is 24.3 Å². The molecule has 3 heteroatoms. The van der Waals surface area contributed by atoms with E-state index in [-0.39, 0.29) is 6.61 Å². The van der Waals surface area contributed by atoms with Crippen molar-refractivity contribution in [1.82, 2.24) is 4.90 Å².